The molecule has 0 saturated heterocycles. The summed E-state index contributed by atoms with van der Waals surface area (Å²) in [5, 5.41) is 2.87. The Kier molecular flexibility index (Phi) is 8.42. The standard InChI is InChI=1S/C17H24N2O3/c1-3-13-19(14-15-9-5-4-6-10-15)17(21)18-12-8-7-11-16(20)22-2/h3-6,9-10H,1,7-8,11-14H2,2H3,(H,18,21). The topological polar surface area (TPSA) is 58.6 Å². The number of benzene rings is 1. The first kappa shape index (κ1) is 17.8. The molecule has 0 spiro atoms. The molecule has 22 heavy (non-hydrogen) atoms. The molecule has 1 aromatic rings. The lowest BCUT2D eigenvalue weighted by molar-refractivity contribution is -0.140. The van der Waals surface area contributed by atoms with Gasteiger partial charge in [-0.25, -0.2) is 4.79 Å². The van der Waals surface area contributed by atoms with Crippen molar-refractivity contribution in [3.63, 3.8) is 0 Å². The van der Waals surface area contributed by atoms with Gasteiger partial charge in [0, 0.05) is 26.1 Å². The Morgan fingerprint density at radius 1 is 1.27 bits per heavy atom. The lowest BCUT2D eigenvalue weighted by atomic mass is 10.2. The van der Waals surface area contributed by atoms with Crippen LogP contribution in [0.15, 0.2) is 43.0 Å². The summed E-state index contributed by atoms with van der Waals surface area (Å²) < 4.78 is 4.57. The number of nitrogens with zero attached hydrogens (tertiary/aromatic N) is 1. The normalized spacial score (nSPS) is 9.86. The van der Waals surface area contributed by atoms with E-state index in [0.717, 1.165) is 12.0 Å². The molecule has 1 rings (SSSR count). The summed E-state index contributed by atoms with van der Waals surface area (Å²) in [4.78, 5) is 24.8. The van der Waals surface area contributed by atoms with E-state index in [1.165, 1.54) is 7.11 Å². The van der Waals surface area contributed by atoms with Crippen LogP contribution in [0.1, 0.15) is 24.8 Å². The van der Waals surface area contributed by atoms with Gasteiger partial charge in [0.1, 0.15) is 0 Å². The molecule has 0 aliphatic carbocycles. The van der Waals surface area contributed by atoms with Crippen LogP contribution >= 0.6 is 0 Å². The van der Waals surface area contributed by atoms with Gasteiger partial charge >= 0.3 is 12.0 Å². The quantitative estimate of drug-likeness (QED) is 0.433. The largest absolute Gasteiger partial charge is 0.469 e. The van der Waals surface area contributed by atoms with Gasteiger partial charge in [0.15, 0.2) is 0 Å². The number of nitrogens with one attached hydrogen (secondary N) is 1. The number of unbranched alkanes of at least 4 members (excludes halogenated alkanes) is 1. The van der Waals surface area contributed by atoms with Gasteiger partial charge in [0.05, 0.1) is 7.11 Å². The van der Waals surface area contributed by atoms with E-state index in [2.05, 4.69) is 16.6 Å². The third-order valence-electron chi connectivity index (χ3n) is 3.16. The number of rotatable bonds is 9. The number of carbonyl (C=O) groups excluding carboxylic acids is 2. The molecule has 120 valence electrons. The van der Waals surface area contributed by atoms with Crippen LogP contribution in [0.5, 0.6) is 0 Å². The lowest BCUT2D eigenvalue weighted by Crippen LogP contribution is -2.40. The predicted octanol–water partition coefficient (Wildman–Crippen LogP) is 2.73. The fourth-order valence-electron chi connectivity index (χ4n) is 1.98. The Morgan fingerprint density at radius 3 is 2.64 bits per heavy atom. The third kappa shape index (κ3) is 6.92. The minimum atomic E-state index is -0.219. The van der Waals surface area contributed by atoms with Crippen molar-refractivity contribution in [2.45, 2.75) is 25.8 Å². The van der Waals surface area contributed by atoms with E-state index in [-0.39, 0.29) is 12.0 Å². The molecule has 0 fully saturated rings. The van der Waals surface area contributed by atoms with E-state index in [1.54, 1.807) is 11.0 Å². The summed E-state index contributed by atoms with van der Waals surface area (Å²) >= 11 is 0. The zero-order chi connectivity index (χ0) is 16.2. The molecule has 0 aliphatic rings. The van der Waals surface area contributed by atoms with E-state index in [9.17, 15) is 9.59 Å². The Balaban J connectivity index is 2.35. The second-order valence-electron chi connectivity index (χ2n) is 4.92. The summed E-state index contributed by atoms with van der Waals surface area (Å²) in [5.41, 5.74) is 1.07. The first-order valence-corrected chi connectivity index (χ1v) is 7.41. The second-order valence-corrected chi connectivity index (χ2v) is 4.92. The molecule has 1 aromatic carbocycles. The molecule has 0 bridgehead atoms. The van der Waals surface area contributed by atoms with Crippen molar-refractivity contribution < 1.29 is 14.3 Å². The van der Waals surface area contributed by atoms with Crippen molar-refractivity contribution in [1.29, 1.82) is 0 Å². The van der Waals surface area contributed by atoms with Gasteiger partial charge in [0.25, 0.3) is 0 Å². The molecule has 0 heterocycles. The number of esters is 1. The lowest BCUT2D eigenvalue weighted by Gasteiger charge is -2.21. The second kappa shape index (κ2) is 10.4. The molecular weight excluding hydrogens is 280 g/mol. The highest BCUT2D eigenvalue weighted by molar-refractivity contribution is 5.74. The van der Waals surface area contributed by atoms with Crippen LogP contribution in [0.2, 0.25) is 0 Å². The zero-order valence-corrected chi connectivity index (χ0v) is 13.1. The van der Waals surface area contributed by atoms with Gasteiger partial charge < -0.3 is 15.0 Å². The molecule has 1 N–H and O–H groups in total. The van der Waals surface area contributed by atoms with E-state index < -0.39 is 0 Å². The highest BCUT2D eigenvalue weighted by Crippen LogP contribution is 2.05. The predicted molar refractivity (Wildman–Crippen MR) is 86.3 cm³/mol. The highest BCUT2D eigenvalue weighted by Gasteiger charge is 2.11. The molecule has 0 aliphatic heterocycles. The number of ether oxygens (including phenoxy) is 1. The van der Waals surface area contributed by atoms with Crippen LogP contribution in [0.25, 0.3) is 0 Å². The molecule has 0 unspecified atom stereocenters. The first-order valence-electron chi connectivity index (χ1n) is 7.41. The summed E-state index contributed by atoms with van der Waals surface area (Å²) in [7, 11) is 1.38. The van der Waals surface area contributed by atoms with Crippen LogP contribution in [0.4, 0.5) is 4.79 Å². The smallest absolute Gasteiger partial charge is 0.317 e. The molecule has 0 radical (unpaired) electrons. The van der Waals surface area contributed by atoms with E-state index in [4.69, 9.17) is 0 Å². The first-order chi connectivity index (χ1) is 10.7. The minimum Gasteiger partial charge on any atom is -0.469 e. The number of urea groups is 1. The van der Waals surface area contributed by atoms with Crippen LogP contribution in [-0.2, 0) is 16.1 Å². The van der Waals surface area contributed by atoms with Gasteiger partial charge in [-0.2, -0.15) is 0 Å². The van der Waals surface area contributed by atoms with Crippen molar-refractivity contribution in [1.82, 2.24) is 10.2 Å². The maximum absolute atomic E-state index is 12.2. The molecule has 0 saturated carbocycles. The van der Waals surface area contributed by atoms with Crippen molar-refractivity contribution in [3.05, 3.63) is 48.6 Å². The molecule has 5 heteroatoms. The summed E-state index contributed by atoms with van der Waals surface area (Å²) in [5.74, 6) is -0.219. The maximum atomic E-state index is 12.2. The van der Waals surface area contributed by atoms with Crippen molar-refractivity contribution in [2.75, 3.05) is 20.2 Å². The van der Waals surface area contributed by atoms with E-state index >= 15 is 0 Å². The highest BCUT2D eigenvalue weighted by atomic mass is 16.5. The van der Waals surface area contributed by atoms with Crippen LogP contribution in [0, 0.1) is 0 Å². The van der Waals surface area contributed by atoms with E-state index in [0.29, 0.717) is 32.5 Å². The molecule has 5 nitrogen and oxygen atoms in total. The Morgan fingerprint density at radius 2 is 2.00 bits per heavy atom. The number of carbonyl (C=O) groups is 2. The van der Waals surface area contributed by atoms with Gasteiger partial charge in [-0.3, -0.25) is 4.79 Å². The Bertz CT molecular complexity index is 474. The maximum Gasteiger partial charge on any atom is 0.317 e. The Labute approximate surface area is 132 Å². The van der Waals surface area contributed by atoms with Crippen LogP contribution < -0.4 is 5.32 Å². The van der Waals surface area contributed by atoms with Gasteiger partial charge in [-0.15, -0.1) is 6.58 Å². The number of hydrogen-bond acceptors (Lipinski definition) is 3. The number of methoxy groups -OCH3 is 1. The van der Waals surface area contributed by atoms with Crippen molar-refractivity contribution in [3.8, 4) is 0 Å². The third-order valence-corrected chi connectivity index (χ3v) is 3.16. The monoisotopic (exact) mass is 304 g/mol. The molecule has 2 amide bonds. The van der Waals surface area contributed by atoms with Crippen molar-refractivity contribution in [2.24, 2.45) is 0 Å². The number of hydrogen-bond donors (Lipinski definition) is 1. The Hall–Kier alpha value is -2.30. The van der Waals surface area contributed by atoms with Crippen LogP contribution in [0.3, 0.4) is 0 Å². The molecule has 0 atom stereocenters. The molecule has 0 aromatic heterocycles. The minimum absolute atomic E-state index is 0.123. The fourth-order valence-corrected chi connectivity index (χ4v) is 1.98. The van der Waals surface area contributed by atoms with Gasteiger partial charge in [0.2, 0.25) is 0 Å². The summed E-state index contributed by atoms with van der Waals surface area (Å²) in [6.45, 7) is 5.26. The number of amides is 2. The summed E-state index contributed by atoms with van der Waals surface area (Å²) in [6.07, 6.45) is 3.54. The average molecular weight is 304 g/mol. The summed E-state index contributed by atoms with van der Waals surface area (Å²) in [6, 6.07) is 9.70. The zero-order valence-electron chi connectivity index (χ0n) is 13.1. The molecular formula is C17H24N2O3. The van der Waals surface area contributed by atoms with E-state index in [1.807, 2.05) is 30.3 Å². The van der Waals surface area contributed by atoms with Crippen molar-refractivity contribution >= 4 is 12.0 Å². The fraction of sp³-hybridized carbons (Fsp3) is 0.412. The van der Waals surface area contributed by atoms with Gasteiger partial charge in [-0.05, 0) is 18.4 Å². The SMILES string of the molecule is C=CCN(Cc1ccccc1)C(=O)NCCCCC(=O)OC. The van der Waals surface area contributed by atoms with Crippen LogP contribution in [-0.4, -0.2) is 37.1 Å². The average Bonchev–Trinajstić information content (AvgIpc) is 2.54. The van der Waals surface area contributed by atoms with Gasteiger partial charge in [-0.1, -0.05) is 36.4 Å².